The largest absolute Gasteiger partial charge is 0.396 e. The number of benzene rings is 1. The van der Waals surface area contributed by atoms with E-state index >= 15 is 0 Å². The molecule has 0 heterocycles. The lowest BCUT2D eigenvalue weighted by molar-refractivity contribution is 0.253. The van der Waals surface area contributed by atoms with Crippen molar-refractivity contribution in [3.8, 4) is 0 Å². The van der Waals surface area contributed by atoms with Gasteiger partial charge in [0, 0.05) is 26.2 Å². The molecule has 0 spiro atoms. The van der Waals surface area contributed by atoms with E-state index in [0.717, 1.165) is 43.8 Å². The number of aliphatic imine (C=N–C) groups is 1. The van der Waals surface area contributed by atoms with Crippen molar-refractivity contribution in [2.24, 2.45) is 10.9 Å². The number of hydrogen-bond donors (Lipinski definition) is 3. The molecule has 0 aliphatic heterocycles. The van der Waals surface area contributed by atoms with Crippen LogP contribution in [0.1, 0.15) is 38.7 Å². The molecule has 0 fully saturated rings. The minimum absolute atomic E-state index is 0. The van der Waals surface area contributed by atoms with E-state index in [1.165, 1.54) is 6.07 Å². The molecule has 1 aromatic carbocycles. The van der Waals surface area contributed by atoms with Gasteiger partial charge in [-0.3, -0.25) is 4.99 Å². The van der Waals surface area contributed by atoms with E-state index in [1.807, 2.05) is 13.0 Å². The lowest BCUT2D eigenvalue weighted by Gasteiger charge is -2.15. The number of nitrogens with zero attached hydrogens (tertiary/aromatic N) is 1. The number of aliphatic hydroxyl groups excluding tert-OH is 1. The Morgan fingerprint density at radius 2 is 2.04 bits per heavy atom. The van der Waals surface area contributed by atoms with Crippen LogP contribution in [0.4, 0.5) is 4.39 Å². The lowest BCUT2D eigenvalue weighted by atomic mass is 10.0. The molecule has 1 atom stereocenters. The van der Waals surface area contributed by atoms with Gasteiger partial charge in [0.15, 0.2) is 5.96 Å². The topological polar surface area (TPSA) is 56.7 Å². The maximum absolute atomic E-state index is 13.2. The maximum atomic E-state index is 13.2. The van der Waals surface area contributed by atoms with Gasteiger partial charge in [0.1, 0.15) is 5.82 Å². The summed E-state index contributed by atoms with van der Waals surface area (Å²) in [5.74, 6) is 1.00. The SMILES string of the molecule is CCCC(CCO)CN=C(NCC)NCCc1cccc(F)c1.I. The van der Waals surface area contributed by atoms with Crippen molar-refractivity contribution in [2.45, 2.75) is 39.5 Å². The number of aliphatic hydroxyl groups is 1. The van der Waals surface area contributed by atoms with Gasteiger partial charge in [-0.1, -0.05) is 25.5 Å². The summed E-state index contributed by atoms with van der Waals surface area (Å²) in [5, 5.41) is 15.6. The van der Waals surface area contributed by atoms with Crippen molar-refractivity contribution in [1.29, 1.82) is 0 Å². The molecule has 3 N–H and O–H groups in total. The van der Waals surface area contributed by atoms with Crippen LogP contribution in [0.25, 0.3) is 0 Å². The molecule has 0 saturated carbocycles. The molecule has 1 unspecified atom stereocenters. The van der Waals surface area contributed by atoms with Crippen molar-refractivity contribution >= 4 is 29.9 Å². The van der Waals surface area contributed by atoms with Gasteiger partial charge in [0.05, 0.1) is 0 Å². The van der Waals surface area contributed by atoms with Crippen LogP contribution in [0.15, 0.2) is 29.3 Å². The third-order valence-corrected chi connectivity index (χ3v) is 3.68. The first-order chi connectivity index (χ1) is 11.2. The van der Waals surface area contributed by atoms with Crippen LogP contribution >= 0.6 is 24.0 Å². The molecule has 0 aliphatic rings. The Morgan fingerprint density at radius 3 is 2.67 bits per heavy atom. The fraction of sp³-hybridized carbons (Fsp3) is 0.611. The third-order valence-electron chi connectivity index (χ3n) is 3.68. The van der Waals surface area contributed by atoms with Crippen LogP contribution in [-0.4, -0.2) is 37.3 Å². The highest BCUT2D eigenvalue weighted by molar-refractivity contribution is 14.0. The molecule has 0 aliphatic carbocycles. The fourth-order valence-corrected chi connectivity index (χ4v) is 2.50. The lowest BCUT2D eigenvalue weighted by Crippen LogP contribution is -2.38. The van der Waals surface area contributed by atoms with Gasteiger partial charge in [-0.25, -0.2) is 4.39 Å². The summed E-state index contributed by atoms with van der Waals surface area (Å²) < 4.78 is 13.2. The van der Waals surface area contributed by atoms with Gasteiger partial charge < -0.3 is 15.7 Å². The molecule has 0 aromatic heterocycles. The average molecular weight is 451 g/mol. The second-order valence-corrected chi connectivity index (χ2v) is 5.69. The zero-order valence-corrected chi connectivity index (χ0v) is 17.1. The summed E-state index contributed by atoms with van der Waals surface area (Å²) in [4.78, 5) is 4.61. The summed E-state index contributed by atoms with van der Waals surface area (Å²) in [6, 6.07) is 6.67. The van der Waals surface area contributed by atoms with Crippen molar-refractivity contribution in [3.05, 3.63) is 35.6 Å². The van der Waals surface area contributed by atoms with Crippen LogP contribution in [0.2, 0.25) is 0 Å². The molecule has 0 saturated heterocycles. The summed E-state index contributed by atoms with van der Waals surface area (Å²) in [6.07, 6.45) is 3.72. The maximum Gasteiger partial charge on any atom is 0.191 e. The molecule has 6 heteroatoms. The molecule has 1 aromatic rings. The van der Waals surface area contributed by atoms with E-state index < -0.39 is 0 Å². The van der Waals surface area contributed by atoms with E-state index in [0.29, 0.717) is 19.0 Å². The van der Waals surface area contributed by atoms with Crippen LogP contribution in [-0.2, 0) is 6.42 Å². The molecule has 0 amide bonds. The molecule has 138 valence electrons. The number of halogens is 2. The Hall–Kier alpha value is -0.890. The van der Waals surface area contributed by atoms with Gasteiger partial charge >= 0.3 is 0 Å². The highest BCUT2D eigenvalue weighted by Gasteiger charge is 2.07. The zero-order valence-electron chi connectivity index (χ0n) is 14.7. The van der Waals surface area contributed by atoms with Crippen LogP contribution < -0.4 is 10.6 Å². The number of hydrogen-bond acceptors (Lipinski definition) is 2. The number of rotatable bonds is 10. The summed E-state index contributed by atoms with van der Waals surface area (Å²) >= 11 is 0. The molecule has 0 radical (unpaired) electrons. The molecular formula is C18H31FIN3O. The van der Waals surface area contributed by atoms with Crippen LogP contribution in [0.3, 0.4) is 0 Å². The normalized spacial score (nSPS) is 12.4. The molecular weight excluding hydrogens is 420 g/mol. The van der Waals surface area contributed by atoms with Gasteiger partial charge in [-0.15, -0.1) is 24.0 Å². The average Bonchev–Trinajstić information content (AvgIpc) is 2.53. The quantitative estimate of drug-likeness (QED) is 0.291. The van der Waals surface area contributed by atoms with E-state index in [2.05, 4.69) is 22.5 Å². The standard InChI is InChI=1S/C18H30FN3O.HI/c1-3-6-16(10-12-23)14-22-18(20-4-2)21-11-9-15-7-5-8-17(19)13-15;/h5,7-8,13,16,23H,3-4,6,9-12,14H2,1-2H3,(H2,20,21,22);1H. The predicted octanol–water partition coefficient (Wildman–Crippen LogP) is 3.34. The second kappa shape index (κ2) is 14.5. The fourth-order valence-electron chi connectivity index (χ4n) is 2.50. The first kappa shape index (κ1) is 23.1. The van der Waals surface area contributed by atoms with Crippen LogP contribution in [0.5, 0.6) is 0 Å². The Kier molecular flexibility index (Phi) is 13.9. The van der Waals surface area contributed by atoms with Crippen molar-refractivity contribution in [3.63, 3.8) is 0 Å². The Balaban J connectivity index is 0.00000529. The van der Waals surface area contributed by atoms with Crippen molar-refractivity contribution in [1.82, 2.24) is 10.6 Å². The number of nitrogens with one attached hydrogen (secondary N) is 2. The third kappa shape index (κ3) is 10.1. The summed E-state index contributed by atoms with van der Waals surface area (Å²) in [5.41, 5.74) is 0.970. The number of guanidine groups is 1. The van der Waals surface area contributed by atoms with Gasteiger partial charge in [0.2, 0.25) is 0 Å². The van der Waals surface area contributed by atoms with Crippen molar-refractivity contribution in [2.75, 3.05) is 26.2 Å². The molecule has 0 bridgehead atoms. The van der Waals surface area contributed by atoms with E-state index in [-0.39, 0.29) is 36.4 Å². The summed E-state index contributed by atoms with van der Waals surface area (Å²) in [6.45, 7) is 6.60. The Morgan fingerprint density at radius 1 is 1.25 bits per heavy atom. The monoisotopic (exact) mass is 451 g/mol. The molecule has 24 heavy (non-hydrogen) atoms. The Labute approximate surface area is 162 Å². The smallest absolute Gasteiger partial charge is 0.191 e. The van der Waals surface area contributed by atoms with Crippen LogP contribution in [0, 0.1) is 11.7 Å². The predicted molar refractivity (Wildman–Crippen MR) is 110 cm³/mol. The van der Waals surface area contributed by atoms with Crippen molar-refractivity contribution < 1.29 is 9.50 Å². The highest BCUT2D eigenvalue weighted by Crippen LogP contribution is 2.11. The van der Waals surface area contributed by atoms with Gasteiger partial charge in [-0.05, 0) is 49.8 Å². The van der Waals surface area contributed by atoms with E-state index in [4.69, 9.17) is 5.11 Å². The minimum Gasteiger partial charge on any atom is -0.396 e. The Bertz CT molecular complexity index is 465. The minimum atomic E-state index is -0.200. The highest BCUT2D eigenvalue weighted by atomic mass is 127. The van der Waals surface area contributed by atoms with Gasteiger partial charge in [0.25, 0.3) is 0 Å². The van der Waals surface area contributed by atoms with Gasteiger partial charge in [-0.2, -0.15) is 0 Å². The van der Waals surface area contributed by atoms with E-state index in [9.17, 15) is 4.39 Å². The first-order valence-electron chi connectivity index (χ1n) is 8.57. The molecule has 4 nitrogen and oxygen atoms in total. The second-order valence-electron chi connectivity index (χ2n) is 5.69. The zero-order chi connectivity index (χ0) is 16.9. The first-order valence-corrected chi connectivity index (χ1v) is 8.57. The summed E-state index contributed by atoms with van der Waals surface area (Å²) in [7, 11) is 0. The molecule has 1 rings (SSSR count). The van der Waals surface area contributed by atoms with E-state index in [1.54, 1.807) is 12.1 Å².